The predicted molar refractivity (Wildman–Crippen MR) is 76.1 cm³/mol. The highest BCUT2D eigenvalue weighted by molar-refractivity contribution is 5.69. The summed E-state index contributed by atoms with van der Waals surface area (Å²) in [6, 6.07) is 8.13. The number of carbonyl (C=O) groups is 1. The normalized spacial score (nSPS) is 21.4. The molecule has 1 heterocycles. The van der Waals surface area contributed by atoms with Crippen molar-refractivity contribution in [3.8, 4) is 5.75 Å². The third-order valence-electron chi connectivity index (χ3n) is 4.13. The first kappa shape index (κ1) is 13.4. The van der Waals surface area contributed by atoms with Gasteiger partial charge in [0.1, 0.15) is 5.75 Å². The number of hydrogen-bond donors (Lipinski definition) is 1. The van der Waals surface area contributed by atoms with Crippen LogP contribution in [0.1, 0.15) is 30.7 Å². The van der Waals surface area contributed by atoms with Crippen molar-refractivity contribution in [1.82, 2.24) is 4.90 Å². The molecule has 0 radical (unpaired) electrons. The number of carboxylic acid groups (broad SMARTS) is 1. The van der Waals surface area contributed by atoms with Gasteiger partial charge < -0.3 is 9.84 Å². The lowest BCUT2D eigenvalue weighted by atomic mass is 9.92. The Morgan fingerprint density at radius 2 is 2.05 bits per heavy atom. The molecule has 1 aromatic rings. The molecule has 3 rings (SSSR count). The number of nitrogens with zero attached hydrogens (tertiary/aromatic N) is 1. The molecule has 1 aliphatic heterocycles. The number of aliphatic carboxylic acids is 1. The van der Waals surface area contributed by atoms with E-state index in [1.807, 2.05) is 18.2 Å². The van der Waals surface area contributed by atoms with E-state index in [-0.39, 0.29) is 6.54 Å². The van der Waals surface area contributed by atoms with Crippen molar-refractivity contribution in [2.24, 2.45) is 5.92 Å². The topological polar surface area (TPSA) is 49.8 Å². The molecule has 108 valence electrons. The van der Waals surface area contributed by atoms with Crippen molar-refractivity contribution in [3.63, 3.8) is 0 Å². The lowest BCUT2D eigenvalue weighted by Crippen LogP contribution is -2.36. The van der Waals surface area contributed by atoms with Crippen LogP contribution in [0.5, 0.6) is 5.75 Å². The van der Waals surface area contributed by atoms with Gasteiger partial charge >= 0.3 is 5.97 Å². The first-order valence-corrected chi connectivity index (χ1v) is 7.38. The van der Waals surface area contributed by atoms with Crippen LogP contribution >= 0.6 is 0 Å². The van der Waals surface area contributed by atoms with E-state index in [0.717, 1.165) is 31.9 Å². The Morgan fingerprint density at radius 1 is 1.25 bits per heavy atom. The second-order valence-corrected chi connectivity index (χ2v) is 5.90. The second kappa shape index (κ2) is 5.83. The van der Waals surface area contributed by atoms with Crippen LogP contribution in [0.3, 0.4) is 0 Å². The van der Waals surface area contributed by atoms with Crippen molar-refractivity contribution >= 4 is 5.97 Å². The molecule has 1 N–H and O–H groups in total. The van der Waals surface area contributed by atoms with E-state index in [4.69, 9.17) is 9.84 Å². The van der Waals surface area contributed by atoms with E-state index >= 15 is 0 Å². The molecule has 0 aromatic heterocycles. The molecule has 0 spiro atoms. The zero-order valence-corrected chi connectivity index (χ0v) is 11.6. The minimum atomic E-state index is -0.731. The van der Waals surface area contributed by atoms with E-state index < -0.39 is 5.97 Å². The quantitative estimate of drug-likeness (QED) is 0.866. The third-order valence-corrected chi connectivity index (χ3v) is 4.13. The standard InChI is InChI=1S/C16H21NO3/c18-16(19)11-17(9-12-5-6-12)10-13-7-8-20-15-4-2-1-3-14(13)15/h1-4,12-13H,5-11H2,(H,18,19). The first-order valence-electron chi connectivity index (χ1n) is 7.38. The summed E-state index contributed by atoms with van der Waals surface area (Å²) in [7, 11) is 0. The van der Waals surface area contributed by atoms with Gasteiger partial charge in [-0.3, -0.25) is 9.69 Å². The van der Waals surface area contributed by atoms with Gasteiger partial charge in [-0.05, 0) is 36.8 Å². The first-order chi connectivity index (χ1) is 9.72. The summed E-state index contributed by atoms with van der Waals surface area (Å²) in [4.78, 5) is 13.1. The molecule has 2 aliphatic rings. The summed E-state index contributed by atoms with van der Waals surface area (Å²) in [6.45, 7) is 2.62. The summed E-state index contributed by atoms with van der Waals surface area (Å²) < 4.78 is 5.67. The van der Waals surface area contributed by atoms with Crippen LogP contribution in [0, 0.1) is 5.92 Å². The van der Waals surface area contributed by atoms with Gasteiger partial charge in [-0.2, -0.15) is 0 Å². The van der Waals surface area contributed by atoms with Crippen molar-refractivity contribution in [3.05, 3.63) is 29.8 Å². The number of rotatable bonds is 6. The molecular weight excluding hydrogens is 254 g/mol. The molecule has 4 nitrogen and oxygen atoms in total. The van der Waals surface area contributed by atoms with Crippen LogP contribution in [-0.2, 0) is 4.79 Å². The lowest BCUT2D eigenvalue weighted by molar-refractivity contribution is -0.138. The van der Waals surface area contributed by atoms with Gasteiger partial charge in [0.05, 0.1) is 13.2 Å². The molecule has 4 heteroatoms. The average Bonchev–Trinajstić information content (AvgIpc) is 3.22. The highest BCUT2D eigenvalue weighted by Gasteiger charge is 2.29. The van der Waals surface area contributed by atoms with E-state index in [0.29, 0.717) is 11.8 Å². The molecule has 20 heavy (non-hydrogen) atoms. The molecule has 0 amide bonds. The van der Waals surface area contributed by atoms with Crippen molar-refractivity contribution in [2.45, 2.75) is 25.2 Å². The number of ether oxygens (including phenoxy) is 1. The molecule has 0 saturated heterocycles. The Bertz CT molecular complexity index is 484. The van der Waals surface area contributed by atoms with Gasteiger partial charge in [0, 0.05) is 19.0 Å². The summed E-state index contributed by atoms with van der Waals surface area (Å²) in [5.74, 6) is 1.33. The highest BCUT2D eigenvalue weighted by Crippen LogP contribution is 2.35. The maximum absolute atomic E-state index is 11.0. The Morgan fingerprint density at radius 3 is 2.80 bits per heavy atom. The molecular formula is C16H21NO3. The lowest BCUT2D eigenvalue weighted by Gasteiger charge is -2.30. The van der Waals surface area contributed by atoms with E-state index in [1.165, 1.54) is 18.4 Å². The maximum atomic E-state index is 11.0. The van der Waals surface area contributed by atoms with Crippen molar-refractivity contribution in [1.29, 1.82) is 0 Å². The molecule has 1 saturated carbocycles. The van der Waals surface area contributed by atoms with Crippen LogP contribution in [0.4, 0.5) is 0 Å². The maximum Gasteiger partial charge on any atom is 0.317 e. The van der Waals surface area contributed by atoms with Crippen LogP contribution < -0.4 is 4.74 Å². The summed E-state index contributed by atoms with van der Waals surface area (Å²) in [5, 5.41) is 9.08. The zero-order valence-electron chi connectivity index (χ0n) is 11.6. The summed E-state index contributed by atoms with van der Waals surface area (Å²) in [5.41, 5.74) is 1.23. The molecule has 1 aliphatic carbocycles. The van der Waals surface area contributed by atoms with Crippen LogP contribution in [-0.4, -0.2) is 42.2 Å². The fourth-order valence-corrected chi connectivity index (χ4v) is 2.98. The summed E-state index contributed by atoms with van der Waals surface area (Å²) in [6.07, 6.45) is 3.47. The number of carboxylic acids is 1. The minimum Gasteiger partial charge on any atom is -0.493 e. The Balaban J connectivity index is 1.69. The van der Waals surface area contributed by atoms with Gasteiger partial charge in [-0.15, -0.1) is 0 Å². The van der Waals surface area contributed by atoms with Gasteiger partial charge in [-0.1, -0.05) is 18.2 Å². The van der Waals surface area contributed by atoms with Gasteiger partial charge in [0.25, 0.3) is 0 Å². The van der Waals surface area contributed by atoms with Gasteiger partial charge in [0.15, 0.2) is 0 Å². The largest absolute Gasteiger partial charge is 0.493 e. The molecule has 1 aromatic carbocycles. The smallest absolute Gasteiger partial charge is 0.317 e. The Labute approximate surface area is 119 Å². The number of para-hydroxylation sites is 1. The number of hydrogen-bond acceptors (Lipinski definition) is 3. The molecule has 0 bridgehead atoms. The van der Waals surface area contributed by atoms with Crippen molar-refractivity contribution in [2.75, 3.05) is 26.2 Å². The van der Waals surface area contributed by atoms with Gasteiger partial charge in [-0.25, -0.2) is 0 Å². The fourth-order valence-electron chi connectivity index (χ4n) is 2.98. The van der Waals surface area contributed by atoms with Crippen LogP contribution in [0.15, 0.2) is 24.3 Å². The second-order valence-electron chi connectivity index (χ2n) is 5.90. The zero-order chi connectivity index (χ0) is 13.9. The van der Waals surface area contributed by atoms with E-state index in [2.05, 4.69) is 11.0 Å². The van der Waals surface area contributed by atoms with E-state index in [9.17, 15) is 4.79 Å². The molecule has 1 fully saturated rings. The summed E-state index contributed by atoms with van der Waals surface area (Å²) >= 11 is 0. The highest BCUT2D eigenvalue weighted by atomic mass is 16.5. The molecule has 1 atom stereocenters. The van der Waals surface area contributed by atoms with Crippen LogP contribution in [0.25, 0.3) is 0 Å². The molecule has 1 unspecified atom stereocenters. The predicted octanol–water partition coefficient (Wildman–Crippen LogP) is 2.35. The monoisotopic (exact) mass is 275 g/mol. The Kier molecular flexibility index (Phi) is 3.92. The fraction of sp³-hybridized carbons (Fsp3) is 0.562. The number of fused-ring (bicyclic) bond motifs is 1. The SMILES string of the molecule is O=C(O)CN(CC1CC1)CC1CCOc2ccccc21. The van der Waals surface area contributed by atoms with Crippen molar-refractivity contribution < 1.29 is 14.6 Å². The van der Waals surface area contributed by atoms with Crippen LogP contribution in [0.2, 0.25) is 0 Å². The third kappa shape index (κ3) is 3.31. The minimum absolute atomic E-state index is 0.149. The van der Waals surface area contributed by atoms with E-state index in [1.54, 1.807) is 0 Å². The average molecular weight is 275 g/mol. The number of benzene rings is 1. The van der Waals surface area contributed by atoms with Gasteiger partial charge in [0.2, 0.25) is 0 Å². The Hall–Kier alpha value is -1.55.